The van der Waals surface area contributed by atoms with E-state index in [1.54, 1.807) is 45.5 Å². The topological polar surface area (TPSA) is 54.4 Å². The number of carbonyl (C=O) groups is 2. The lowest BCUT2D eigenvalue weighted by Crippen LogP contribution is -1.94. The first-order valence-electron chi connectivity index (χ1n) is 6.55. The zero-order valence-corrected chi connectivity index (χ0v) is 14.7. The molecule has 0 amide bonds. The minimum Gasteiger partial charge on any atom is -0.478 e. The van der Waals surface area contributed by atoms with Gasteiger partial charge in [-0.3, -0.25) is 4.79 Å². The Morgan fingerprint density at radius 1 is 0.957 bits per heavy atom. The van der Waals surface area contributed by atoms with Gasteiger partial charge in [0.1, 0.15) is 0 Å². The first kappa shape index (κ1) is 14.8. The molecule has 0 radical (unpaired) electrons. The van der Waals surface area contributed by atoms with Crippen molar-refractivity contribution in [3.05, 3.63) is 46.2 Å². The third-order valence-corrected chi connectivity index (χ3v) is 7.87. The fraction of sp³-hybridized carbons (Fsp3) is 0. The summed E-state index contributed by atoms with van der Waals surface area (Å²) in [6.07, 6.45) is 0.885. The van der Waals surface area contributed by atoms with Crippen LogP contribution in [0.1, 0.15) is 20.7 Å². The van der Waals surface area contributed by atoms with Crippen LogP contribution in [0.4, 0.5) is 0 Å². The molecule has 0 spiro atoms. The number of carboxylic acids is 1. The molecule has 7 heteroatoms. The normalized spacial score (nSPS) is 11.1. The van der Waals surface area contributed by atoms with E-state index in [1.165, 1.54) is 11.3 Å². The standard InChI is InChI=1S/C16H8O3S4/c17-7-8-1-3-20-14(8)12-5-10-11(22-12)6-13(23-10)15-9(16(18)19)2-4-21-15/h1-7H,(H,18,19). The van der Waals surface area contributed by atoms with Crippen molar-refractivity contribution in [2.24, 2.45) is 0 Å². The average Bonchev–Trinajstić information content (AvgIpc) is 3.27. The van der Waals surface area contributed by atoms with Crippen LogP contribution in [0.25, 0.3) is 28.9 Å². The fourth-order valence-corrected chi connectivity index (χ4v) is 6.77. The molecule has 0 aliphatic rings. The Labute approximate surface area is 147 Å². The summed E-state index contributed by atoms with van der Waals surface area (Å²) in [6, 6.07) is 7.60. The van der Waals surface area contributed by atoms with Crippen molar-refractivity contribution >= 4 is 67.0 Å². The second-order valence-corrected chi connectivity index (χ2v) is 8.74. The molecule has 0 aromatic carbocycles. The highest BCUT2D eigenvalue weighted by Gasteiger charge is 2.17. The maximum Gasteiger partial charge on any atom is 0.337 e. The molecule has 0 bridgehead atoms. The number of rotatable bonds is 4. The van der Waals surface area contributed by atoms with E-state index < -0.39 is 5.97 Å². The smallest absolute Gasteiger partial charge is 0.337 e. The number of fused-ring (bicyclic) bond motifs is 1. The number of hydrogen-bond donors (Lipinski definition) is 1. The molecule has 1 N–H and O–H groups in total. The molecule has 4 heterocycles. The van der Waals surface area contributed by atoms with Crippen LogP contribution >= 0.6 is 45.3 Å². The van der Waals surface area contributed by atoms with Gasteiger partial charge in [-0.2, -0.15) is 0 Å². The summed E-state index contributed by atoms with van der Waals surface area (Å²) in [6.45, 7) is 0. The number of aldehydes is 1. The highest BCUT2D eigenvalue weighted by molar-refractivity contribution is 7.33. The molecule has 114 valence electrons. The van der Waals surface area contributed by atoms with Crippen LogP contribution in [-0.2, 0) is 0 Å². The molecule has 4 aromatic heterocycles. The molecule has 0 saturated carbocycles. The average molecular weight is 377 g/mol. The second kappa shape index (κ2) is 5.68. The molecular weight excluding hydrogens is 368 g/mol. The lowest BCUT2D eigenvalue weighted by atomic mass is 10.2. The van der Waals surface area contributed by atoms with Crippen molar-refractivity contribution < 1.29 is 14.7 Å². The van der Waals surface area contributed by atoms with Crippen molar-refractivity contribution in [3.8, 4) is 19.5 Å². The SMILES string of the molecule is O=Cc1ccsc1-c1cc2sc(-c3sccc3C(=O)O)cc2s1. The van der Waals surface area contributed by atoms with Crippen molar-refractivity contribution in [1.82, 2.24) is 0 Å². The summed E-state index contributed by atoms with van der Waals surface area (Å²) >= 11 is 6.24. The number of aromatic carboxylic acids is 1. The summed E-state index contributed by atoms with van der Waals surface area (Å²) in [5.74, 6) is -0.895. The lowest BCUT2D eigenvalue weighted by Gasteiger charge is -1.95. The number of thiophene rings is 4. The van der Waals surface area contributed by atoms with E-state index >= 15 is 0 Å². The Hall–Kier alpha value is -1.80. The van der Waals surface area contributed by atoms with Crippen LogP contribution in [-0.4, -0.2) is 17.4 Å². The Bertz CT molecular complexity index is 999. The van der Waals surface area contributed by atoms with Gasteiger partial charge in [0.15, 0.2) is 6.29 Å². The van der Waals surface area contributed by atoms with E-state index in [0.29, 0.717) is 5.56 Å². The zero-order chi connectivity index (χ0) is 16.0. The highest BCUT2D eigenvalue weighted by atomic mass is 32.1. The highest BCUT2D eigenvalue weighted by Crippen LogP contribution is 2.45. The summed E-state index contributed by atoms with van der Waals surface area (Å²) in [7, 11) is 0. The Kier molecular flexibility index (Phi) is 3.65. The molecule has 4 rings (SSSR count). The summed E-state index contributed by atoms with van der Waals surface area (Å²) in [4.78, 5) is 26.2. The number of hydrogen-bond acceptors (Lipinski definition) is 6. The van der Waals surface area contributed by atoms with Crippen LogP contribution in [0.15, 0.2) is 35.0 Å². The second-order valence-electron chi connectivity index (χ2n) is 4.74. The first-order chi connectivity index (χ1) is 11.2. The van der Waals surface area contributed by atoms with Crippen molar-refractivity contribution in [3.63, 3.8) is 0 Å². The molecular formula is C16H8O3S4. The number of carbonyl (C=O) groups excluding carboxylic acids is 1. The van der Waals surface area contributed by atoms with Gasteiger partial charge in [-0.15, -0.1) is 45.3 Å². The third-order valence-electron chi connectivity index (χ3n) is 3.37. The minimum absolute atomic E-state index is 0.352. The fourth-order valence-electron chi connectivity index (χ4n) is 2.34. The van der Waals surface area contributed by atoms with E-state index in [1.807, 2.05) is 17.5 Å². The van der Waals surface area contributed by atoms with Crippen molar-refractivity contribution in [2.75, 3.05) is 0 Å². The van der Waals surface area contributed by atoms with Gasteiger partial charge in [0, 0.05) is 24.7 Å². The van der Waals surface area contributed by atoms with Crippen LogP contribution in [0.3, 0.4) is 0 Å². The van der Waals surface area contributed by atoms with E-state index in [0.717, 1.165) is 40.8 Å². The molecule has 0 aliphatic carbocycles. The quantitative estimate of drug-likeness (QED) is 0.449. The molecule has 23 heavy (non-hydrogen) atoms. The van der Waals surface area contributed by atoms with Crippen LogP contribution in [0.5, 0.6) is 0 Å². The molecule has 4 aromatic rings. The Morgan fingerprint density at radius 3 is 2.22 bits per heavy atom. The van der Waals surface area contributed by atoms with Crippen molar-refractivity contribution in [1.29, 1.82) is 0 Å². The molecule has 0 fully saturated rings. The molecule has 3 nitrogen and oxygen atoms in total. The van der Waals surface area contributed by atoms with E-state index in [4.69, 9.17) is 0 Å². The summed E-state index contributed by atoms with van der Waals surface area (Å²) in [5, 5.41) is 13.0. The van der Waals surface area contributed by atoms with Gasteiger partial charge < -0.3 is 5.11 Å². The maximum absolute atomic E-state index is 11.3. The van der Waals surface area contributed by atoms with Crippen LogP contribution < -0.4 is 0 Å². The third kappa shape index (κ3) is 2.46. The zero-order valence-electron chi connectivity index (χ0n) is 11.4. The van der Waals surface area contributed by atoms with E-state index in [9.17, 15) is 14.7 Å². The minimum atomic E-state index is -0.895. The van der Waals surface area contributed by atoms with Gasteiger partial charge in [0.05, 0.1) is 15.3 Å². The maximum atomic E-state index is 11.3. The lowest BCUT2D eigenvalue weighted by molar-refractivity contribution is 0.0698. The Morgan fingerprint density at radius 2 is 1.57 bits per heavy atom. The largest absolute Gasteiger partial charge is 0.478 e. The molecule has 0 aliphatic heterocycles. The molecule has 0 saturated heterocycles. The first-order valence-corrected chi connectivity index (χ1v) is 9.94. The van der Waals surface area contributed by atoms with Gasteiger partial charge in [0.25, 0.3) is 0 Å². The van der Waals surface area contributed by atoms with Crippen LogP contribution in [0, 0.1) is 0 Å². The van der Waals surface area contributed by atoms with Gasteiger partial charge >= 0.3 is 5.97 Å². The van der Waals surface area contributed by atoms with Gasteiger partial charge in [0.2, 0.25) is 0 Å². The van der Waals surface area contributed by atoms with Crippen molar-refractivity contribution in [2.45, 2.75) is 0 Å². The van der Waals surface area contributed by atoms with E-state index in [2.05, 4.69) is 6.07 Å². The van der Waals surface area contributed by atoms with Gasteiger partial charge in [-0.25, -0.2) is 4.79 Å². The van der Waals surface area contributed by atoms with Crippen LogP contribution in [0.2, 0.25) is 0 Å². The van der Waals surface area contributed by atoms with Gasteiger partial charge in [-0.05, 0) is 35.0 Å². The van der Waals surface area contributed by atoms with E-state index in [-0.39, 0.29) is 0 Å². The van der Waals surface area contributed by atoms with Gasteiger partial charge in [-0.1, -0.05) is 0 Å². The monoisotopic (exact) mass is 376 g/mol. The molecule has 0 atom stereocenters. The predicted octanol–water partition coefficient (Wildman–Crippen LogP) is 5.93. The summed E-state index contributed by atoms with van der Waals surface area (Å²) < 4.78 is 2.24. The number of carboxylic acid groups (broad SMARTS) is 1. The predicted molar refractivity (Wildman–Crippen MR) is 98.7 cm³/mol. The Balaban J connectivity index is 1.79. The summed E-state index contributed by atoms with van der Waals surface area (Å²) in [5.41, 5.74) is 1.07. The molecule has 0 unspecified atom stereocenters.